The lowest BCUT2D eigenvalue weighted by atomic mass is 10.1. The molecule has 2 aromatic rings. The predicted octanol–water partition coefficient (Wildman–Crippen LogP) is 2.25. The zero-order valence-electron chi connectivity index (χ0n) is 15.4. The maximum Gasteiger partial charge on any atom is 0.269 e. The maximum atomic E-state index is 12.5. The fourth-order valence-electron chi connectivity index (χ4n) is 2.87. The third-order valence-corrected chi connectivity index (χ3v) is 5.22. The molecule has 0 radical (unpaired) electrons. The first kappa shape index (κ1) is 19.9. The molecule has 1 aromatic carbocycles. The summed E-state index contributed by atoms with van der Waals surface area (Å²) in [6.07, 6.45) is 0.921. The molecule has 0 spiro atoms. The number of nitrogens with one attached hydrogen (secondary N) is 2. The minimum absolute atomic E-state index is 0.0184. The van der Waals surface area contributed by atoms with E-state index in [1.165, 1.54) is 12.1 Å². The largest absolute Gasteiger partial charge is 0.355 e. The highest BCUT2D eigenvalue weighted by atomic mass is 32.2. The molecule has 2 amide bonds. The molecule has 0 saturated heterocycles. The molecule has 28 heavy (non-hydrogen) atoms. The van der Waals surface area contributed by atoms with Gasteiger partial charge in [0, 0.05) is 35.7 Å². The van der Waals surface area contributed by atoms with Crippen LogP contribution in [0.2, 0.25) is 0 Å². The van der Waals surface area contributed by atoms with Gasteiger partial charge in [0.15, 0.2) is 0 Å². The van der Waals surface area contributed by atoms with Gasteiger partial charge in [-0.3, -0.25) is 19.7 Å². The highest BCUT2D eigenvalue weighted by molar-refractivity contribution is 7.98. The van der Waals surface area contributed by atoms with Crippen LogP contribution >= 0.6 is 11.8 Å². The fourth-order valence-corrected chi connectivity index (χ4v) is 3.91. The smallest absolute Gasteiger partial charge is 0.269 e. The number of amides is 2. The first-order valence-electron chi connectivity index (χ1n) is 8.94. The summed E-state index contributed by atoms with van der Waals surface area (Å²) in [5.41, 5.74) is 2.49. The standard InChI is InChI=1S/C18H21N5O4S/c1-2-7-19-17(25)9-22-18(14-10-28-11-15(14)21-22)20-16(24)8-12-3-5-13(6-4-12)23(26)27/h3-6H,2,7-11H2,1H3,(H,19,25)(H,20,24). The van der Waals surface area contributed by atoms with Gasteiger partial charge in [-0.15, -0.1) is 0 Å². The fraction of sp³-hybridized carbons (Fsp3) is 0.389. The zero-order chi connectivity index (χ0) is 20.1. The normalized spacial score (nSPS) is 12.5. The van der Waals surface area contributed by atoms with Gasteiger partial charge < -0.3 is 10.6 Å². The van der Waals surface area contributed by atoms with Crippen molar-refractivity contribution >= 4 is 35.1 Å². The van der Waals surface area contributed by atoms with Crippen molar-refractivity contribution in [1.82, 2.24) is 15.1 Å². The number of thioether (sulfide) groups is 1. The number of carbonyl (C=O) groups is 2. The van der Waals surface area contributed by atoms with Gasteiger partial charge in [0.1, 0.15) is 12.4 Å². The predicted molar refractivity (Wildman–Crippen MR) is 106 cm³/mol. The van der Waals surface area contributed by atoms with Crippen molar-refractivity contribution in [3.8, 4) is 0 Å². The van der Waals surface area contributed by atoms with Gasteiger partial charge in [-0.1, -0.05) is 19.1 Å². The van der Waals surface area contributed by atoms with Crippen LogP contribution in [0.5, 0.6) is 0 Å². The molecule has 0 fully saturated rings. The Labute approximate surface area is 166 Å². The van der Waals surface area contributed by atoms with Crippen molar-refractivity contribution in [3.63, 3.8) is 0 Å². The van der Waals surface area contributed by atoms with Gasteiger partial charge in [-0.2, -0.15) is 16.9 Å². The lowest BCUT2D eigenvalue weighted by Gasteiger charge is -2.11. The van der Waals surface area contributed by atoms with E-state index in [-0.39, 0.29) is 30.5 Å². The Hall–Kier alpha value is -2.88. The molecule has 0 unspecified atom stereocenters. The van der Waals surface area contributed by atoms with Crippen molar-refractivity contribution in [2.24, 2.45) is 0 Å². The number of nitro groups is 1. The van der Waals surface area contributed by atoms with Gasteiger partial charge in [-0.25, -0.2) is 4.68 Å². The van der Waals surface area contributed by atoms with E-state index in [9.17, 15) is 19.7 Å². The lowest BCUT2D eigenvalue weighted by molar-refractivity contribution is -0.384. The van der Waals surface area contributed by atoms with Crippen LogP contribution in [0.25, 0.3) is 0 Å². The van der Waals surface area contributed by atoms with Gasteiger partial charge in [0.2, 0.25) is 11.8 Å². The Kier molecular flexibility index (Phi) is 6.30. The Bertz CT molecular complexity index is 894. The number of non-ortho nitro benzene ring substituents is 1. The summed E-state index contributed by atoms with van der Waals surface area (Å²) in [6, 6.07) is 5.87. The molecule has 0 aliphatic carbocycles. The van der Waals surface area contributed by atoms with Crippen LogP contribution in [0.15, 0.2) is 24.3 Å². The summed E-state index contributed by atoms with van der Waals surface area (Å²) in [6.45, 7) is 2.62. The molecule has 1 aliphatic rings. The zero-order valence-corrected chi connectivity index (χ0v) is 16.3. The second-order valence-electron chi connectivity index (χ2n) is 6.42. The van der Waals surface area contributed by atoms with E-state index in [4.69, 9.17) is 0 Å². The Morgan fingerprint density at radius 1 is 1.25 bits per heavy atom. The molecule has 148 valence electrons. The lowest BCUT2D eigenvalue weighted by Crippen LogP contribution is -2.29. The van der Waals surface area contributed by atoms with E-state index < -0.39 is 4.92 Å². The van der Waals surface area contributed by atoms with E-state index in [2.05, 4.69) is 15.7 Å². The number of carbonyl (C=O) groups excluding carboxylic acids is 2. The third-order valence-electron chi connectivity index (χ3n) is 4.25. The van der Waals surface area contributed by atoms with Gasteiger partial charge >= 0.3 is 0 Å². The Morgan fingerprint density at radius 3 is 2.68 bits per heavy atom. The number of nitrogens with zero attached hydrogens (tertiary/aromatic N) is 3. The first-order chi connectivity index (χ1) is 13.5. The number of hydrogen-bond donors (Lipinski definition) is 2. The van der Waals surface area contributed by atoms with Crippen LogP contribution in [-0.4, -0.2) is 33.1 Å². The van der Waals surface area contributed by atoms with E-state index in [0.717, 1.165) is 29.2 Å². The SMILES string of the molecule is CCCNC(=O)Cn1nc2c(c1NC(=O)Cc1ccc([N+](=O)[O-])cc1)CSC2. The minimum atomic E-state index is -0.479. The van der Waals surface area contributed by atoms with Crippen LogP contribution in [0.4, 0.5) is 11.5 Å². The molecule has 1 aliphatic heterocycles. The van der Waals surface area contributed by atoms with Crippen molar-refractivity contribution < 1.29 is 14.5 Å². The molecule has 2 heterocycles. The molecule has 1 aromatic heterocycles. The van der Waals surface area contributed by atoms with E-state index in [0.29, 0.717) is 17.9 Å². The number of hydrogen-bond acceptors (Lipinski definition) is 6. The molecule has 0 saturated carbocycles. The summed E-state index contributed by atoms with van der Waals surface area (Å²) in [7, 11) is 0. The number of anilines is 1. The molecule has 0 bridgehead atoms. The average Bonchev–Trinajstić information content (AvgIpc) is 3.23. The number of fused-ring (bicyclic) bond motifs is 1. The van der Waals surface area contributed by atoms with Crippen LogP contribution in [-0.2, 0) is 34.1 Å². The van der Waals surface area contributed by atoms with Crippen LogP contribution in [0.3, 0.4) is 0 Å². The summed E-state index contributed by atoms with van der Waals surface area (Å²) in [4.78, 5) is 34.8. The Morgan fingerprint density at radius 2 is 2.00 bits per heavy atom. The van der Waals surface area contributed by atoms with Crippen LogP contribution < -0.4 is 10.6 Å². The van der Waals surface area contributed by atoms with Crippen molar-refractivity contribution in [3.05, 3.63) is 51.2 Å². The van der Waals surface area contributed by atoms with E-state index in [1.54, 1.807) is 28.6 Å². The van der Waals surface area contributed by atoms with Crippen molar-refractivity contribution in [2.75, 3.05) is 11.9 Å². The quantitative estimate of drug-likeness (QED) is 0.515. The molecule has 0 atom stereocenters. The highest BCUT2D eigenvalue weighted by Crippen LogP contribution is 2.34. The van der Waals surface area contributed by atoms with Gasteiger partial charge in [0.05, 0.1) is 17.0 Å². The molecule has 2 N–H and O–H groups in total. The Balaban J connectivity index is 1.70. The van der Waals surface area contributed by atoms with Gasteiger partial charge in [0.25, 0.3) is 5.69 Å². The third kappa shape index (κ3) is 4.69. The van der Waals surface area contributed by atoms with Crippen LogP contribution in [0.1, 0.15) is 30.2 Å². The first-order valence-corrected chi connectivity index (χ1v) is 10.1. The van der Waals surface area contributed by atoms with Gasteiger partial charge in [-0.05, 0) is 12.0 Å². The summed E-state index contributed by atoms with van der Waals surface area (Å²) < 4.78 is 1.54. The molecule has 9 nitrogen and oxygen atoms in total. The van der Waals surface area contributed by atoms with Crippen LogP contribution in [0, 0.1) is 10.1 Å². The molecule has 10 heteroatoms. The highest BCUT2D eigenvalue weighted by Gasteiger charge is 2.25. The number of benzene rings is 1. The summed E-state index contributed by atoms with van der Waals surface area (Å²) in [5.74, 6) is 1.63. The number of nitro benzene ring substituents is 1. The topological polar surface area (TPSA) is 119 Å². The van der Waals surface area contributed by atoms with Crippen molar-refractivity contribution in [2.45, 2.75) is 37.8 Å². The molecular formula is C18H21N5O4S. The molecular weight excluding hydrogens is 382 g/mol. The molecule has 3 rings (SSSR count). The van der Waals surface area contributed by atoms with Crippen molar-refractivity contribution in [1.29, 1.82) is 0 Å². The van der Waals surface area contributed by atoms with E-state index in [1.807, 2.05) is 6.92 Å². The second kappa shape index (κ2) is 8.87. The summed E-state index contributed by atoms with van der Waals surface area (Å²) in [5, 5.41) is 20.9. The van der Waals surface area contributed by atoms with E-state index >= 15 is 0 Å². The minimum Gasteiger partial charge on any atom is -0.355 e. The number of aromatic nitrogens is 2. The monoisotopic (exact) mass is 403 g/mol. The maximum absolute atomic E-state index is 12.5. The summed E-state index contributed by atoms with van der Waals surface area (Å²) >= 11 is 1.71. The average molecular weight is 403 g/mol. The second-order valence-corrected chi connectivity index (χ2v) is 7.41. The number of rotatable bonds is 8.